The van der Waals surface area contributed by atoms with Crippen molar-refractivity contribution in [1.82, 2.24) is 14.9 Å². The van der Waals surface area contributed by atoms with E-state index >= 15 is 0 Å². The van der Waals surface area contributed by atoms with Crippen molar-refractivity contribution in [1.29, 1.82) is 0 Å². The van der Waals surface area contributed by atoms with E-state index in [1.807, 2.05) is 36.0 Å². The van der Waals surface area contributed by atoms with Gasteiger partial charge in [-0.25, -0.2) is 4.98 Å². The molecule has 1 saturated heterocycles. The van der Waals surface area contributed by atoms with Crippen molar-refractivity contribution in [2.75, 3.05) is 6.61 Å². The van der Waals surface area contributed by atoms with Gasteiger partial charge in [-0.1, -0.05) is 11.6 Å². The maximum absolute atomic E-state index is 12.8. The van der Waals surface area contributed by atoms with Gasteiger partial charge < -0.3 is 14.6 Å². The lowest BCUT2D eigenvalue weighted by atomic mass is 10.00. The van der Waals surface area contributed by atoms with Gasteiger partial charge in [-0.15, -0.1) is 11.3 Å². The zero-order valence-electron chi connectivity index (χ0n) is 14.7. The van der Waals surface area contributed by atoms with Gasteiger partial charge >= 0.3 is 0 Å². The maximum atomic E-state index is 12.8. The predicted molar refractivity (Wildman–Crippen MR) is 103 cm³/mol. The Hall–Kier alpha value is -1.89. The van der Waals surface area contributed by atoms with Gasteiger partial charge in [0.15, 0.2) is 0 Å². The van der Waals surface area contributed by atoms with Crippen LogP contribution in [0.1, 0.15) is 28.8 Å². The quantitative estimate of drug-likeness (QED) is 0.734. The van der Waals surface area contributed by atoms with Crippen LogP contribution in [0.4, 0.5) is 0 Å². The molecular weight excluding hydrogens is 370 g/mol. The van der Waals surface area contributed by atoms with E-state index in [0.717, 1.165) is 21.1 Å². The molecule has 7 heteroatoms. The number of carbonyl (C=O) groups excluding carboxylic acids is 1. The number of nitrogens with zero attached hydrogens (tertiary/aromatic N) is 2. The van der Waals surface area contributed by atoms with E-state index in [4.69, 9.17) is 16.3 Å². The second-order valence-corrected chi connectivity index (χ2v) is 8.16. The largest absolute Gasteiger partial charge is 0.369 e. The molecule has 1 N–H and O–H groups in total. The second kappa shape index (κ2) is 7.02. The van der Waals surface area contributed by atoms with Crippen LogP contribution in [0.5, 0.6) is 0 Å². The van der Waals surface area contributed by atoms with Crippen LogP contribution < -0.4 is 5.32 Å². The maximum Gasteiger partial charge on any atom is 0.226 e. The molecule has 0 aliphatic carbocycles. The van der Waals surface area contributed by atoms with Gasteiger partial charge in [0.2, 0.25) is 5.91 Å². The average molecular weight is 390 g/mol. The number of fused-ring (bicyclic) bond motifs is 1. The molecule has 4 rings (SSSR count). The lowest BCUT2D eigenvalue weighted by molar-refractivity contribution is -0.127. The highest BCUT2D eigenvalue weighted by Gasteiger charge is 2.37. The molecule has 1 aliphatic rings. The first-order chi connectivity index (χ1) is 12.5. The smallest absolute Gasteiger partial charge is 0.226 e. The Morgan fingerprint density at radius 1 is 1.50 bits per heavy atom. The SMILES string of the molecule is Cc1c(CNC(=O)[C@@H]2CCO[C@H]2c2nccn2C)sc2ccc(Cl)cc12. The fraction of sp³-hybridized carbons (Fsp3) is 0.368. The molecule has 5 nitrogen and oxygen atoms in total. The van der Waals surface area contributed by atoms with Gasteiger partial charge in [-0.3, -0.25) is 4.79 Å². The summed E-state index contributed by atoms with van der Waals surface area (Å²) in [5.41, 5.74) is 1.18. The molecule has 3 heterocycles. The number of aromatic nitrogens is 2. The molecule has 136 valence electrons. The molecule has 1 fully saturated rings. The topological polar surface area (TPSA) is 56.1 Å². The Morgan fingerprint density at radius 3 is 3.12 bits per heavy atom. The number of amides is 1. The van der Waals surface area contributed by atoms with Gasteiger partial charge in [-0.05, 0) is 42.5 Å². The number of benzene rings is 1. The molecule has 0 bridgehead atoms. The summed E-state index contributed by atoms with van der Waals surface area (Å²) in [4.78, 5) is 18.3. The van der Waals surface area contributed by atoms with Crippen molar-refractivity contribution in [3.63, 3.8) is 0 Å². The molecular formula is C19H20ClN3O2S. The monoisotopic (exact) mass is 389 g/mol. The number of hydrogen-bond acceptors (Lipinski definition) is 4. The molecule has 2 atom stereocenters. The lowest BCUT2D eigenvalue weighted by Gasteiger charge is -2.18. The molecule has 1 aromatic carbocycles. The fourth-order valence-corrected chi connectivity index (χ4v) is 4.78. The van der Waals surface area contributed by atoms with Gasteiger partial charge in [0, 0.05) is 40.6 Å². The highest BCUT2D eigenvalue weighted by Crippen LogP contribution is 2.35. The normalized spacial score (nSPS) is 20.0. The number of nitrogens with one attached hydrogen (secondary N) is 1. The molecule has 26 heavy (non-hydrogen) atoms. The minimum Gasteiger partial charge on any atom is -0.369 e. The molecule has 0 radical (unpaired) electrons. The van der Waals surface area contributed by atoms with Crippen molar-refractivity contribution < 1.29 is 9.53 Å². The number of halogens is 1. The van der Waals surface area contributed by atoms with Crippen LogP contribution in [0.25, 0.3) is 10.1 Å². The molecule has 2 aromatic heterocycles. The third kappa shape index (κ3) is 3.13. The predicted octanol–water partition coefficient (Wildman–Crippen LogP) is 3.99. The molecule has 1 aliphatic heterocycles. The average Bonchev–Trinajstić information content (AvgIpc) is 3.32. The van der Waals surface area contributed by atoms with Crippen LogP contribution in [0, 0.1) is 12.8 Å². The number of imidazole rings is 1. The summed E-state index contributed by atoms with van der Waals surface area (Å²) in [6.07, 6.45) is 4.04. The van der Waals surface area contributed by atoms with Crippen LogP contribution in [0.15, 0.2) is 30.6 Å². The Kier molecular flexibility index (Phi) is 4.73. The van der Waals surface area contributed by atoms with Crippen molar-refractivity contribution in [3.8, 4) is 0 Å². The van der Waals surface area contributed by atoms with Crippen molar-refractivity contribution in [3.05, 3.63) is 51.9 Å². The minimum atomic E-state index is -0.280. The van der Waals surface area contributed by atoms with Gasteiger partial charge in [0.05, 0.1) is 12.5 Å². The Bertz CT molecular complexity index is 965. The van der Waals surface area contributed by atoms with E-state index in [-0.39, 0.29) is 17.9 Å². The summed E-state index contributed by atoms with van der Waals surface area (Å²) in [6, 6.07) is 5.91. The summed E-state index contributed by atoms with van der Waals surface area (Å²) >= 11 is 7.80. The third-order valence-corrected chi connectivity index (χ3v) is 6.47. The van der Waals surface area contributed by atoms with Crippen molar-refractivity contribution in [2.45, 2.75) is 26.0 Å². The van der Waals surface area contributed by atoms with Crippen LogP contribution in [0.2, 0.25) is 5.02 Å². The van der Waals surface area contributed by atoms with E-state index in [9.17, 15) is 4.79 Å². The number of aryl methyl sites for hydroxylation is 2. The van der Waals surface area contributed by atoms with E-state index in [2.05, 4.69) is 17.2 Å². The first kappa shape index (κ1) is 17.5. The van der Waals surface area contributed by atoms with Crippen LogP contribution >= 0.6 is 22.9 Å². The summed E-state index contributed by atoms with van der Waals surface area (Å²) in [5.74, 6) is 0.612. The van der Waals surface area contributed by atoms with Crippen LogP contribution in [-0.4, -0.2) is 22.1 Å². The van der Waals surface area contributed by atoms with Crippen LogP contribution in [-0.2, 0) is 23.1 Å². The number of rotatable bonds is 4. The highest BCUT2D eigenvalue weighted by atomic mass is 35.5. The molecule has 0 saturated carbocycles. The Balaban J connectivity index is 1.49. The Labute approximate surface area is 160 Å². The van der Waals surface area contributed by atoms with Crippen molar-refractivity contribution in [2.24, 2.45) is 13.0 Å². The standard InChI is InChI=1S/C19H20ClN3O2S/c1-11-14-9-12(20)3-4-15(14)26-16(11)10-22-19(24)13-5-8-25-17(13)18-21-6-7-23(18)2/h3-4,6-7,9,13,17H,5,8,10H2,1-2H3,(H,22,24)/t13-,17-/m1/s1. The Morgan fingerprint density at radius 2 is 2.35 bits per heavy atom. The number of ether oxygens (including phenoxy) is 1. The van der Waals surface area contributed by atoms with Gasteiger partial charge in [0.25, 0.3) is 0 Å². The number of carbonyl (C=O) groups is 1. The van der Waals surface area contributed by atoms with E-state index in [1.54, 1.807) is 17.5 Å². The summed E-state index contributed by atoms with van der Waals surface area (Å²) in [5, 5.41) is 4.98. The molecule has 3 aromatic rings. The highest BCUT2D eigenvalue weighted by molar-refractivity contribution is 7.19. The fourth-order valence-electron chi connectivity index (χ4n) is 3.47. The number of hydrogen-bond donors (Lipinski definition) is 1. The lowest BCUT2D eigenvalue weighted by Crippen LogP contribution is -2.32. The van der Waals surface area contributed by atoms with E-state index in [0.29, 0.717) is 19.6 Å². The number of thiophene rings is 1. The zero-order chi connectivity index (χ0) is 18.3. The summed E-state index contributed by atoms with van der Waals surface area (Å²) in [6.45, 7) is 3.17. The first-order valence-electron chi connectivity index (χ1n) is 8.58. The summed E-state index contributed by atoms with van der Waals surface area (Å²) < 4.78 is 8.89. The van der Waals surface area contributed by atoms with E-state index < -0.39 is 0 Å². The summed E-state index contributed by atoms with van der Waals surface area (Å²) in [7, 11) is 1.92. The van der Waals surface area contributed by atoms with Crippen LogP contribution in [0.3, 0.4) is 0 Å². The first-order valence-corrected chi connectivity index (χ1v) is 9.78. The molecule has 0 spiro atoms. The van der Waals surface area contributed by atoms with Crippen molar-refractivity contribution >= 4 is 38.9 Å². The zero-order valence-corrected chi connectivity index (χ0v) is 16.2. The molecule has 0 unspecified atom stereocenters. The van der Waals surface area contributed by atoms with E-state index in [1.165, 1.54) is 10.3 Å². The second-order valence-electron chi connectivity index (χ2n) is 6.59. The third-order valence-electron chi connectivity index (χ3n) is 4.96. The van der Waals surface area contributed by atoms with Gasteiger partial charge in [-0.2, -0.15) is 0 Å². The van der Waals surface area contributed by atoms with Gasteiger partial charge in [0.1, 0.15) is 11.9 Å². The minimum absolute atomic E-state index is 0.0189. The molecule has 1 amide bonds.